The molecule has 1 heterocycles. The van der Waals surface area contributed by atoms with Crippen LogP contribution >= 0.6 is 11.8 Å². The molecule has 0 aliphatic heterocycles. The van der Waals surface area contributed by atoms with E-state index in [4.69, 9.17) is 0 Å². The van der Waals surface area contributed by atoms with Gasteiger partial charge in [-0.2, -0.15) is 0 Å². The Bertz CT molecular complexity index is 1160. The summed E-state index contributed by atoms with van der Waals surface area (Å²) >= 11 is 1.40. The van der Waals surface area contributed by atoms with Gasteiger partial charge in [-0.1, -0.05) is 51.6 Å². The van der Waals surface area contributed by atoms with Gasteiger partial charge in [-0.25, -0.2) is 4.39 Å². The van der Waals surface area contributed by atoms with Gasteiger partial charge < -0.3 is 5.32 Å². The average Bonchev–Trinajstić information content (AvgIpc) is 3.18. The molecule has 0 saturated carbocycles. The molecule has 10 heteroatoms. The first-order valence-corrected chi connectivity index (χ1v) is 12.3. The number of nitro groups is 1. The Labute approximate surface area is 208 Å². The lowest BCUT2D eigenvalue weighted by atomic mass is 9.84. The van der Waals surface area contributed by atoms with Gasteiger partial charge in [0, 0.05) is 30.0 Å². The number of carbonyl (C=O) groups excluding carboxylic acids is 1. The Morgan fingerprint density at radius 1 is 1.14 bits per heavy atom. The van der Waals surface area contributed by atoms with Crippen LogP contribution < -0.4 is 5.32 Å². The molecule has 35 heavy (non-hydrogen) atoms. The van der Waals surface area contributed by atoms with Crippen molar-refractivity contribution in [3.8, 4) is 5.69 Å². The summed E-state index contributed by atoms with van der Waals surface area (Å²) in [6.45, 7) is 8.69. The number of amides is 1. The number of hydrogen-bond acceptors (Lipinski definition) is 6. The van der Waals surface area contributed by atoms with Gasteiger partial charge in [0.05, 0.1) is 11.5 Å². The van der Waals surface area contributed by atoms with E-state index in [1.807, 2.05) is 0 Å². The van der Waals surface area contributed by atoms with Crippen LogP contribution in [-0.2, 0) is 17.1 Å². The van der Waals surface area contributed by atoms with Crippen molar-refractivity contribution >= 4 is 23.4 Å². The van der Waals surface area contributed by atoms with Gasteiger partial charge in [-0.05, 0) is 47.6 Å². The Hall–Kier alpha value is -3.27. The highest BCUT2D eigenvalue weighted by Gasteiger charge is 2.20. The Balaban J connectivity index is 1.77. The molecule has 3 aromatic rings. The molecule has 1 amide bonds. The van der Waals surface area contributed by atoms with E-state index in [1.54, 1.807) is 28.8 Å². The highest BCUT2D eigenvalue weighted by molar-refractivity contribution is 7.98. The maximum absolute atomic E-state index is 13.2. The fraction of sp³-hybridized carbons (Fsp3) is 0.400. The normalized spacial score (nSPS) is 12.4. The van der Waals surface area contributed by atoms with Crippen LogP contribution in [0.25, 0.3) is 5.69 Å². The topological polar surface area (TPSA) is 103 Å². The largest absolute Gasteiger partial charge is 0.349 e. The van der Waals surface area contributed by atoms with Crippen molar-refractivity contribution < 1.29 is 14.1 Å². The highest BCUT2D eigenvalue weighted by atomic mass is 32.2. The van der Waals surface area contributed by atoms with Crippen LogP contribution in [0.5, 0.6) is 0 Å². The molecule has 0 spiro atoms. The van der Waals surface area contributed by atoms with Crippen molar-refractivity contribution in [3.05, 3.63) is 75.9 Å². The fourth-order valence-corrected chi connectivity index (χ4v) is 4.83. The van der Waals surface area contributed by atoms with Crippen molar-refractivity contribution in [2.24, 2.45) is 11.3 Å². The molecule has 3 rings (SSSR count). The third kappa shape index (κ3) is 7.88. The Morgan fingerprint density at radius 3 is 2.40 bits per heavy atom. The van der Waals surface area contributed by atoms with Gasteiger partial charge in [0.15, 0.2) is 11.0 Å². The van der Waals surface area contributed by atoms with Gasteiger partial charge in [0.1, 0.15) is 5.82 Å². The minimum Gasteiger partial charge on any atom is -0.349 e. The zero-order chi connectivity index (χ0) is 25.6. The number of rotatable bonds is 10. The maximum Gasteiger partial charge on any atom is 0.269 e. The van der Waals surface area contributed by atoms with Gasteiger partial charge in [-0.3, -0.25) is 19.5 Å². The second kappa shape index (κ2) is 11.4. The standard InChI is InChI=1S/C25H30FN5O3S/c1-17(14-25(2,3)4)13-23(32)27-15-22-28-29-24(35-16-18-5-7-19(26)8-6-18)30(22)20-9-11-21(12-10-20)31(33)34/h5-12,17H,13-16H2,1-4H3,(H,27,32). The zero-order valence-corrected chi connectivity index (χ0v) is 21.1. The number of carbonyl (C=O) groups is 1. The van der Waals surface area contributed by atoms with Crippen molar-refractivity contribution in [1.29, 1.82) is 0 Å². The monoisotopic (exact) mass is 499 g/mol. The molecule has 1 atom stereocenters. The molecule has 0 radical (unpaired) electrons. The summed E-state index contributed by atoms with van der Waals surface area (Å²) in [6.07, 6.45) is 1.35. The van der Waals surface area contributed by atoms with E-state index in [-0.39, 0.29) is 35.3 Å². The molecular formula is C25H30FN5O3S. The molecule has 186 valence electrons. The van der Waals surface area contributed by atoms with Crippen LogP contribution in [0, 0.1) is 27.3 Å². The van der Waals surface area contributed by atoms with E-state index in [9.17, 15) is 19.3 Å². The van der Waals surface area contributed by atoms with Crippen LogP contribution in [0.15, 0.2) is 53.7 Å². The summed E-state index contributed by atoms with van der Waals surface area (Å²) in [6, 6.07) is 12.3. The quantitative estimate of drug-likeness (QED) is 0.219. The molecule has 1 N–H and O–H groups in total. The third-order valence-electron chi connectivity index (χ3n) is 5.24. The molecule has 0 fully saturated rings. The van der Waals surface area contributed by atoms with Crippen LogP contribution in [0.1, 0.15) is 51.9 Å². The van der Waals surface area contributed by atoms with E-state index < -0.39 is 4.92 Å². The van der Waals surface area contributed by atoms with Crippen molar-refractivity contribution in [2.45, 2.75) is 58.0 Å². The second-order valence-electron chi connectivity index (χ2n) is 9.77. The fourth-order valence-electron chi connectivity index (χ4n) is 3.90. The van der Waals surface area contributed by atoms with Crippen molar-refractivity contribution in [2.75, 3.05) is 0 Å². The van der Waals surface area contributed by atoms with Crippen molar-refractivity contribution in [3.63, 3.8) is 0 Å². The number of benzene rings is 2. The summed E-state index contributed by atoms with van der Waals surface area (Å²) in [7, 11) is 0. The van der Waals surface area contributed by atoms with Gasteiger partial charge in [0.2, 0.25) is 5.91 Å². The van der Waals surface area contributed by atoms with Crippen LogP contribution in [0.2, 0.25) is 0 Å². The average molecular weight is 500 g/mol. The molecule has 0 bridgehead atoms. The van der Waals surface area contributed by atoms with E-state index in [0.717, 1.165) is 12.0 Å². The number of aromatic nitrogens is 3. The van der Waals surface area contributed by atoms with Crippen LogP contribution in [0.3, 0.4) is 0 Å². The Kier molecular flexibility index (Phi) is 8.61. The molecule has 8 nitrogen and oxygen atoms in total. The zero-order valence-electron chi connectivity index (χ0n) is 20.3. The van der Waals surface area contributed by atoms with Crippen molar-refractivity contribution in [1.82, 2.24) is 20.1 Å². The minimum atomic E-state index is -0.458. The molecule has 2 aromatic carbocycles. The second-order valence-corrected chi connectivity index (χ2v) is 10.7. The third-order valence-corrected chi connectivity index (χ3v) is 6.24. The van der Waals surface area contributed by atoms with Crippen LogP contribution in [-0.4, -0.2) is 25.6 Å². The van der Waals surface area contributed by atoms with Gasteiger partial charge >= 0.3 is 0 Å². The number of halogens is 1. The Morgan fingerprint density at radius 2 is 1.80 bits per heavy atom. The summed E-state index contributed by atoms with van der Waals surface area (Å²) in [5, 5.41) is 23.1. The lowest BCUT2D eigenvalue weighted by molar-refractivity contribution is -0.384. The first-order valence-electron chi connectivity index (χ1n) is 11.3. The smallest absolute Gasteiger partial charge is 0.269 e. The first kappa shape index (κ1) is 26.3. The molecule has 1 aromatic heterocycles. The minimum absolute atomic E-state index is 0.0231. The summed E-state index contributed by atoms with van der Waals surface area (Å²) in [4.78, 5) is 23.2. The SMILES string of the molecule is CC(CC(=O)NCc1nnc(SCc2ccc(F)cc2)n1-c1ccc([N+](=O)[O-])cc1)CC(C)(C)C. The number of non-ortho nitro benzene ring substituents is 1. The first-order chi connectivity index (χ1) is 16.5. The van der Waals surface area contributed by atoms with Gasteiger partial charge in [0.25, 0.3) is 5.69 Å². The van der Waals surface area contributed by atoms with E-state index >= 15 is 0 Å². The molecule has 0 aliphatic rings. The predicted octanol–water partition coefficient (Wildman–Crippen LogP) is 5.69. The van der Waals surface area contributed by atoms with E-state index in [0.29, 0.717) is 28.8 Å². The highest BCUT2D eigenvalue weighted by Crippen LogP contribution is 2.27. The number of nitrogens with one attached hydrogen (secondary N) is 1. The lowest BCUT2D eigenvalue weighted by Gasteiger charge is -2.22. The summed E-state index contributed by atoms with van der Waals surface area (Å²) < 4.78 is 15.0. The number of nitro benzene ring substituents is 1. The molecular weight excluding hydrogens is 469 g/mol. The van der Waals surface area contributed by atoms with E-state index in [1.165, 1.54) is 36.0 Å². The number of thioether (sulfide) groups is 1. The summed E-state index contributed by atoms with van der Waals surface area (Å²) in [5.41, 5.74) is 1.68. The molecule has 0 saturated heterocycles. The van der Waals surface area contributed by atoms with Gasteiger partial charge in [-0.15, -0.1) is 10.2 Å². The number of nitrogens with zero attached hydrogens (tertiary/aromatic N) is 4. The predicted molar refractivity (Wildman–Crippen MR) is 134 cm³/mol. The van der Waals surface area contributed by atoms with E-state index in [2.05, 4.69) is 43.2 Å². The maximum atomic E-state index is 13.2. The lowest BCUT2D eigenvalue weighted by Crippen LogP contribution is -2.27. The molecule has 0 aliphatic carbocycles. The van der Waals surface area contributed by atoms with Crippen LogP contribution in [0.4, 0.5) is 10.1 Å². The summed E-state index contributed by atoms with van der Waals surface area (Å²) in [5.74, 6) is 0.909. The molecule has 1 unspecified atom stereocenters. The number of hydrogen-bond donors (Lipinski definition) is 1.